The number of nitrogens with one attached hydrogen (secondary N) is 1. The molecule has 6 heteroatoms. The molecule has 0 heterocycles. The van der Waals surface area contributed by atoms with E-state index in [0.717, 1.165) is 10.9 Å². The van der Waals surface area contributed by atoms with E-state index >= 15 is 0 Å². The molecule has 0 bridgehead atoms. The van der Waals surface area contributed by atoms with Gasteiger partial charge in [-0.15, -0.1) is 0 Å². The van der Waals surface area contributed by atoms with Gasteiger partial charge in [0.1, 0.15) is 0 Å². The van der Waals surface area contributed by atoms with E-state index in [9.17, 15) is 8.42 Å². The molecular formula is C14H19Br2NO2S. The van der Waals surface area contributed by atoms with Crippen LogP contribution in [0.2, 0.25) is 0 Å². The van der Waals surface area contributed by atoms with Crippen molar-refractivity contribution < 1.29 is 8.42 Å². The van der Waals surface area contributed by atoms with Gasteiger partial charge in [-0.05, 0) is 46.5 Å². The standard InChI is InChI=1S/C14H19Br2NO2S/c15-12-6-7-13(16)14(10-12)20(18,19)17-9-8-11-4-2-1-3-5-11/h6-7,10-11,17H,1-5,8-9H2. The highest BCUT2D eigenvalue weighted by molar-refractivity contribution is 9.11. The van der Waals surface area contributed by atoms with E-state index in [1.54, 1.807) is 12.1 Å². The van der Waals surface area contributed by atoms with Crippen LogP contribution in [0.15, 0.2) is 32.0 Å². The Bertz CT molecular complexity index is 554. The maximum Gasteiger partial charge on any atom is 0.241 e. The fourth-order valence-corrected chi connectivity index (χ4v) is 5.18. The average molecular weight is 425 g/mol. The first-order valence-electron chi connectivity index (χ1n) is 6.94. The van der Waals surface area contributed by atoms with Gasteiger partial charge in [-0.3, -0.25) is 0 Å². The molecule has 0 atom stereocenters. The SMILES string of the molecule is O=S(=O)(NCCC1CCCCC1)c1cc(Br)ccc1Br. The van der Waals surface area contributed by atoms with Gasteiger partial charge in [0.05, 0.1) is 4.90 Å². The summed E-state index contributed by atoms with van der Waals surface area (Å²) in [5.74, 6) is 0.678. The summed E-state index contributed by atoms with van der Waals surface area (Å²) in [6.07, 6.45) is 7.31. The van der Waals surface area contributed by atoms with Crippen LogP contribution in [-0.2, 0) is 10.0 Å². The molecule has 1 saturated carbocycles. The van der Waals surface area contributed by atoms with Crippen LogP contribution < -0.4 is 4.72 Å². The second-order valence-electron chi connectivity index (χ2n) is 5.27. The molecular weight excluding hydrogens is 406 g/mol. The number of benzene rings is 1. The summed E-state index contributed by atoms with van der Waals surface area (Å²) < 4.78 is 28.6. The maximum atomic E-state index is 12.3. The third kappa shape index (κ3) is 4.55. The summed E-state index contributed by atoms with van der Waals surface area (Å²) in [5, 5.41) is 0. The minimum atomic E-state index is -3.44. The lowest BCUT2D eigenvalue weighted by Gasteiger charge is -2.21. The van der Waals surface area contributed by atoms with Gasteiger partial charge in [-0.25, -0.2) is 13.1 Å². The lowest BCUT2D eigenvalue weighted by molar-refractivity contribution is 0.339. The monoisotopic (exact) mass is 423 g/mol. The molecule has 1 fully saturated rings. The van der Waals surface area contributed by atoms with E-state index in [-0.39, 0.29) is 4.90 Å². The van der Waals surface area contributed by atoms with Gasteiger partial charge in [0.25, 0.3) is 0 Å². The number of hydrogen-bond acceptors (Lipinski definition) is 2. The Balaban J connectivity index is 1.95. The third-order valence-corrected chi connectivity index (χ3v) is 6.70. The van der Waals surface area contributed by atoms with Crippen molar-refractivity contribution >= 4 is 41.9 Å². The number of hydrogen-bond donors (Lipinski definition) is 1. The van der Waals surface area contributed by atoms with Crippen molar-refractivity contribution in [1.82, 2.24) is 4.72 Å². The molecule has 1 aliphatic rings. The molecule has 0 spiro atoms. The van der Waals surface area contributed by atoms with Gasteiger partial charge in [0, 0.05) is 15.5 Å². The minimum absolute atomic E-state index is 0.288. The molecule has 0 amide bonds. The van der Waals surface area contributed by atoms with Gasteiger partial charge >= 0.3 is 0 Å². The van der Waals surface area contributed by atoms with Crippen molar-refractivity contribution in [3.05, 3.63) is 27.1 Å². The van der Waals surface area contributed by atoms with Crippen LogP contribution in [0.4, 0.5) is 0 Å². The predicted octanol–water partition coefficient (Wildman–Crippen LogP) is 4.46. The van der Waals surface area contributed by atoms with Crippen molar-refractivity contribution in [2.24, 2.45) is 5.92 Å². The molecule has 0 radical (unpaired) electrons. The molecule has 3 nitrogen and oxygen atoms in total. The number of halogens is 2. The fourth-order valence-electron chi connectivity index (χ4n) is 2.63. The van der Waals surface area contributed by atoms with Gasteiger partial charge in [0.15, 0.2) is 0 Å². The molecule has 20 heavy (non-hydrogen) atoms. The van der Waals surface area contributed by atoms with E-state index in [2.05, 4.69) is 36.6 Å². The van der Waals surface area contributed by atoms with Crippen molar-refractivity contribution in [2.75, 3.05) is 6.54 Å². The Kier molecular flexibility index (Phi) is 6.08. The van der Waals surface area contributed by atoms with Crippen LogP contribution >= 0.6 is 31.9 Å². The zero-order valence-electron chi connectivity index (χ0n) is 11.2. The summed E-state index contributed by atoms with van der Waals surface area (Å²) in [7, 11) is -3.44. The first-order chi connectivity index (χ1) is 9.49. The van der Waals surface area contributed by atoms with Crippen molar-refractivity contribution in [1.29, 1.82) is 0 Å². The van der Waals surface area contributed by atoms with E-state index in [4.69, 9.17) is 0 Å². The van der Waals surface area contributed by atoms with Crippen molar-refractivity contribution in [2.45, 2.75) is 43.4 Å². The molecule has 1 N–H and O–H groups in total. The molecule has 0 unspecified atom stereocenters. The number of sulfonamides is 1. The van der Waals surface area contributed by atoms with Crippen LogP contribution in [0.25, 0.3) is 0 Å². The van der Waals surface area contributed by atoms with Gasteiger partial charge in [-0.1, -0.05) is 48.0 Å². The normalized spacial score (nSPS) is 17.3. The van der Waals surface area contributed by atoms with Crippen LogP contribution in [0, 0.1) is 5.92 Å². The molecule has 2 rings (SSSR count). The maximum absolute atomic E-state index is 12.3. The zero-order chi connectivity index (χ0) is 14.6. The molecule has 0 aliphatic heterocycles. The van der Waals surface area contributed by atoms with Crippen LogP contribution in [0.3, 0.4) is 0 Å². The van der Waals surface area contributed by atoms with E-state index in [0.29, 0.717) is 16.9 Å². The highest BCUT2D eigenvalue weighted by atomic mass is 79.9. The number of rotatable bonds is 5. The van der Waals surface area contributed by atoms with Crippen molar-refractivity contribution in [3.63, 3.8) is 0 Å². The highest BCUT2D eigenvalue weighted by Crippen LogP contribution is 2.27. The first kappa shape index (κ1) is 16.5. The van der Waals surface area contributed by atoms with Gasteiger partial charge in [0.2, 0.25) is 10.0 Å². The molecule has 1 aliphatic carbocycles. The van der Waals surface area contributed by atoms with Gasteiger partial charge in [-0.2, -0.15) is 0 Å². The van der Waals surface area contributed by atoms with Crippen molar-refractivity contribution in [3.8, 4) is 0 Å². The molecule has 0 aromatic heterocycles. The average Bonchev–Trinajstić information content (AvgIpc) is 2.42. The summed E-state index contributed by atoms with van der Waals surface area (Å²) >= 11 is 6.60. The molecule has 0 saturated heterocycles. The smallest absolute Gasteiger partial charge is 0.211 e. The minimum Gasteiger partial charge on any atom is -0.211 e. The van der Waals surface area contributed by atoms with E-state index in [1.807, 2.05) is 6.07 Å². The third-order valence-electron chi connectivity index (χ3n) is 3.75. The fraction of sp³-hybridized carbons (Fsp3) is 0.571. The highest BCUT2D eigenvalue weighted by Gasteiger charge is 2.19. The topological polar surface area (TPSA) is 46.2 Å². The second kappa shape index (κ2) is 7.38. The predicted molar refractivity (Wildman–Crippen MR) is 88.2 cm³/mol. The Morgan fingerprint density at radius 2 is 1.85 bits per heavy atom. The van der Waals surface area contributed by atoms with Crippen LogP contribution in [0.5, 0.6) is 0 Å². The van der Waals surface area contributed by atoms with Gasteiger partial charge < -0.3 is 0 Å². The van der Waals surface area contributed by atoms with E-state index in [1.165, 1.54) is 32.1 Å². The van der Waals surface area contributed by atoms with Crippen LogP contribution in [0.1, 0.15) is 38.5 Å². The first-order valence-corrected chi connectivity index (χ1v) is 10.0. The second-order valence-corrected chi connectivity index (χ2v) is 8.77. The summed E-state index contributed by atoms with van der Waals surface area (Å²) in [6.45, 7) is 0.520. The summed E-state index contributed by atoms with van der Waals surface area (Å²) in [6, 6.07) is 5.16. The Hall–Kier alpha value is 0.0900. The molecule has 1 aromatic rings. The Morgan fingerprint density at radius 1 is 1.15 bits per heavy atom. The molecule has 1 aromatic carbocycles. The Morgan fingerprint density at radius 3 is 2.55 bits per heavy atom. The van der Waals surface area contributed by atoms with Crippen LogP contribution in [-0.4, -0.2) is 15.0 Å². The quantitative estimate of drug-likeness (QED) is 0.758. The van der Waals surface area contributed by atoms with E-state index < -0.39 is 10.0 Å². The Labute approximate surface area is 137 Å². The lowest BCUT2D eigenvalue weighted by atomic mass is 9.87. The zero-order valence-corrected chi connectivity index (χ0v) is 15.2. The summed E-state index contributed by atoms with van der Waals surface area (Å²) in [4.78, 5) is 0.288. The largest absolute Gasteiger partial charge is 0.241 e. The lowest BCUT2D eigenvalue weighted by Crippen LogP contribution is -2.27. The molecule has 112 valence electrons. The summed E-state index contributed by atoms with van der Waals surface area (Å²) in [5.41, 5.74) is 0.